The minimum atomic E-state index is -4.97. The molecule has 16 heavy (non-hydrogen) atoms. The number of rotatable bonds is 2. The van der Waals surface area contributed by atoms with E-state index in [4.69, 9.17) is 0 Å². The van der Waals surface area contributed by atoms with Crippen molar-refractivity contribution in [3.8, 4) is 0 Å². The molecule has 0 saturated heterocycles. The van der Waals surface area contributed by atoms with E-state index >= 15 is 0 Å². The smallest absolute Gasteiger partial charge is 0.298 e. The largest absolute Gasteiger partial charge is 0.418 e. The van der Waals surface area contributed by atoms with Crippen LogP contribution in [0.15, 0.2) is 10.8 Å². The van der Waals surface area contributed by atoms with Crippen LogP contribution >= 0.6 is 15.9 Å². The van der Waals surface area contributed by atoms with E-state index in [1.165, 1.54) is 0 Å². The fourth-order valence-corrected chi connectivity index (χ4v) is 1.50. The van der Waals surface area contributed by atoms with E-state index < -0.39 is 29.3 Å². The highest BCUT2D eigenvalue weighted by Gasteiger charge is 2.38. The summed E-state index contributed by atoms with van der Waals surface area (Å²) in [5.41, 5.74) is -3.75. The van der Waals surface area contributed by atoms with Gasteiger partial charge in [0, 0.05) is 11.8 Å². The minimum absolute atomic E-state index is 0.0895. The zero-order valence-corrected chi connectivity index (χ0v) is 8.94. The Hall–Kier alpha value is -1.05. The minimum Gasteiger partial charge on any atom is -0.298 e. The Balaban J connectivity index is 3.58. The molecule has 0 aliphatic heterocycles. The number of aromatic nitrogens is 1. The summed E-state index contributed by atoms with van der Waals surface area (Å²) in [7, 11) is 0. The van der Waals surface area contributed by atoms with Gasteiger partial charge in [0.05, 0.1) is 11.1 Å². The number of pyridine rings is 1. The second kappa shape index (κ2) is 4.44. The molecule has 0 N–H and O–H groups in total. The van der Waals surface area contributed by atoms with Crippen LogP contribution in [0.25, 0.3) is 0 Å². The van der Waals surface area contributed by atoms with E-state index in [1.807, 2.05) is 0 Å². The highest BCUT2D eigenvalue weighted by atomic mass is 79.9. The Morgan fingerprint density at radius 2 is 1.94 bits per heavy atom. The Morgan fingerprint density at radius 1 is 1.38 bits per heavy atom. The van der Waals surface area contributed by atoms with E-state index in [0.29, 0.717) is 0 Å². The molecule has 0 bridgehead atoms. The van der Waals surface area contributed by atoms with Crippen LogP contribution in [0.4, 0.5) is 22.0 Å². The van der Waals surface area contributed by atoms with E-state index in [1.54, 1.807) is 0 Å². The average molecular weight is 304 g/mol. The second-order valence-corrected chi connectivity index (χ2v) is 3.46. The first-order chi connectivity index (χ1) is 7.29. The van der Waals surface area contributed by atoms with Gasteiger partial charge in [0.1, 0.15) is 4.60 Å². The summed E-state index contributed by atoms with van der Waals surface area (Å²) in [6.07, 6.45) is -8.21. The first-order valence-corrected chi connectivity index (χ1v) is 4.57. The predicted octanol–water partition coefficient (Wildman–Crippen LogP) is 3.61. The Bertz CT molecular complexity index is 418. The molecule has 0 saturated carbocycles. The van der Waals surface area contributed by atoms with Crippen LogP contribution in [0.5, 0.6) is 0 Å². The molecule has 88 valence electrons. The van der Waals surface area contributed by atoms with Gasteiger partial charge in [0.25, 0.3) is 6.43 Å². The average Bonchev–Trinajstić information content (AvgIpc) is 2.14. The summed E-state index contributed by atoms with van der Waals surface area (Å²) in [6.45, 7) is 0. The summed E-state index contributed by atoms with van der Waals surface area (Å²) in [5, 5.41) is 0. The lowest BCUT2D eigenvalue weighted by atomic mass is 10.1. The molecule has 0 aromatic carbocycles. The van der Waals surface area contributed by atoms with Crippen LogP contribution in [-0.4, -0.2) is 11.3 Å². The molecule has 1 aromatic rings. The third-order valence-electron chi connectivity index (χ3n) is 1.75. The van der Waals surface area contributed by atoms with Crippen molar-refractivity contribution in [2.75, 3.05) is 0 Å². The van der Waals surface area contributed by atoms with Gasteiger partial charge in [-0.15, -0.1) is 0 Å². The van der Waals surface area contributed by atoms with Gasteiger partial charge in [-0.05, 0) is 15.9 Å². The van der Waals surface area contributed by atoms with Gasteiger partial charge >= 0.3 is 6.18 Å². The monoisotopic (exact) mass is 303 g/mol. The maximum Gasteiger partial charge on any atom is 0.418 e. The Morgan fingerprint density at radius 3 is 2.31 bits per heavy atom. The summed E-state index contributed by atoms with van der Waals surface area (Å²) in [5.74, 6) is 0. The summed E-state index contributed by atoms with van der Waals surface area (Å²) < 4.78 is 61.7. The molecule has 0 amide bonds. The van der Waals surface area contributed by atoms with Gasteiger partial charge in [-0.1, -0.05) is 0 Å². The van der Waals surface area contributed by atoms with Crippen LogP contribution in [0.3, 0.4) is 0 Å². The quantitative estimate of drug-likeness (QED) is 0.474. The predicted molar refractivity (Wildman–Crippen MR) is 47.3 cm³/mol. The molecule has 0 spiro atoms. The highest BCUT2D eigenvalue weighted by Crippen LogP contribution is 2.38. The number of halogens is 6. The fourth-order valence-electron chi connectivity index (χ4n) is 1.09. The molecule has 2 nitrogen and oxygen atoms in total. The number of hydrogen-bond acceptors (Lipinski definition) is 2. The van der Waals surface area contributed by atoms with Crippen molar-refractivity contribution in [2.45, 2.75) is 12.6 Å². The van der Waals surface area contributed by atoms with E-state index in [2.05, 4.69) is 20.9 Å². The molecule has 1 aromatic heterocycles. The molecule has 0 unspecified atom stereocenters. The van der Waals surface area contributed by atoms with Gasteiger partial charge in [0.2, 0.25) is 0 Å². The number of hydrogen-bond donors (Lipinski definition) is 0. The lowest BCUT2D eigenvalue weighted by molar-refractivity contribution is -0.139. The normalized spacial score (nSPS) is 11.9. The van der Waals surface area contributed by atoms with Crippen molar-refractivity contribution in [3.63, 3.8) is 0 Å². The fraction of sp³-hybridized carbons (Fsp3) is 0.250. The first-order valence-electron chi connectivity index (χ1n) is 3.78. The molecule has 1 heterocycles. The van der Waals surface area contributed by atoms with Gasteiger partial charge in [-0.2, -0.15) is 13.2 Å². The van der Waals surface area contributed by atoms with Crippen molar-refractivity contribution in [1.82, 2.24) is 4.98 Å². The molecule has 1 rings (SSSR count). The molecular weight excluding hydrogens is 301 g/mol. The highest BCUT2D eigenvalue weighted by molar-refractivity contribution is 9.10. The van der Waals surface area contributed by atoms with Crippen LogP contribution in [0, 0.1) is 0 Å². The summed E-state index contributed by atoms with van der Waals surface area (Å²) in [6, 6.07) is 0. The van der Waals surface area contributed by atoms with E-state index in [0.717, 1.165) is 0 Å². The van der Waals surface area contributed by atoms with Crippen molar-refractivity contribution < 1.29 is 26.7 Å². The van der Waals surface area contributed by atoms with E-state index in [9.17, 15) is 26.7 Å². The van der Waals surface area contributed by atoms with Gasteiger partial charge in [0.15, 0.2) is 6.29 Å². The third kappa shape index (κ3) is 2.37. The topological polar surface area (TPSA) is 30.0 Å². The van der Waals surface area contributed by atoms with E-state index in [-0.39, 0.29) is 17.1 Å². The lowest BCUT2D eigenvalue weighted by Gasteiger charge is -2.14. The van der Waals surface area contributed by atoms with Gasteiger partial charge in [-0.3, -0.25) is 4.79 Å². The van der Waals surface area contributed by atoms with Crippen molar-refractivity contribution in [3.05, 3.63) is 27.5 Å². The molecular formula is C8H3BrF5NO. The third-order valence-corrected chi connectivity index (χ3v) is 2.38. The molecule has 0 radical (unpaired) electrons. The maximum absolute atomic E-state index is 12.5. The van der Waals surface area contributed by atoms with Crippen LogP contribution in [0.1, 0.15) is 27.9 Å². The summed E-state index contributed by atoms with van der Waals surface area (Å²) >= 11 is 2.63. The number of carbonyl (C=O) groups is 1. The Kier molecular flexibility index (Phi) is 3.61. The van der Waals surface area contributed by atoms with Crippen molar-refractivity contribution >= 4 is 22.2 Å². The van der Waals surface area contributed by atoms with Crippen molar-refractivity contribution in [2.24, 2.45) is 0 Å². The molecule has 8 heteroatoms. The van der Waals surface area contributed by atoms with Gasteiger partial charge in [-0.25, -0.2) is 13.8 Å². The number of carbonyl (C=O) groups excluding carboxylic acids is 1. The second-order valence-electron chi connectivity index (χ2n) is 2.71. The van der Waals surface area contributed by atoms with Gasteiger partial charge < -0.3 is 0 Å². The zero-order valence-electron chi connectivity index (χ0n) is 7.36. The van der Waals surface area contributed by atoms with Crippen LogP contribution in [0.2, 0.25) is 0 Å². The molecule has 0 aliphatic carbocycles. The maximum atomic E-state index is 12.5. The molecule has 0 atom stereocenters. The van der Waals surface area contributed by atoms with Crippen molar-refractivity contribution in [1.29, 1.82) is 0 Å². The number of aldehydes is 1. The Labute approximate surface area is 94.6 Å². The standard InChI is InChI=1S/C8H3BrF5NO/c9-6-3(2-16)5(7(10)11)4(1-15-6)8(12,13)14/h1-2,7H. The lowest BCUT2D eigenvalue weighted by Crippen LogP contribution is -2.13. The van der Waals surface area contributed by atoms with Crippen LogP contribution < -0.4 is 0 Å². The zero-order chi connectivity index (χ0) is 12.5. The van der Waals surface area contributed by atoms with Crippen LogP contribution in [-0.2, 0) is 6.18 Å². The first kappa shape index (κ1) is 13.0. The molecule has 0 fully saturated rings. The SMILES string of the molecule is O=Cc1c(Br)ncc(C(F)(F)F)c1C(F)F. The summed E-state index contributed by atoms with van der Waals surface area (Å²) in [4.78, 5) is 13.7. The molecule has 0 aliphatic rings. The number of alkyl halides is 5. The number of nitrogens with zero attached hydrogens (tertiary/aromatic N) is 1.